The van der Waals surface area contributed by atoms with Gasteiger partial charge in [-0.1, -0.05) is 43.7 Å². The molecule has 3 nitrogen and oxygen atoms in total. The van der Waals surface area contributed by atoms with Gasteiger partial charge in [0.15, 0.2) is 0 Å². The van der Waals surface area contributed by atoms with Crippen LogP contribution in [-0.2, 0) is 12.6 Å². The third-order valence-electron chi connectivity index (χ3n) is 3.15. The highest BCUT2D eigenvalue weighted by molar-refractivity contribution is 5.35. The largest absolute Gasteiger partial charge is 0.318 e. The standard InChI is InChI=1S/C14H19N3/c1-3-9-14(15,12-7-5-4-6-8-12)13-10-16-17(2)11-13/h4-8,10-11H,3,9,15H2,1-2H3. The van der Waals surface area contributed by atoms with E-state index in [9.17, 15) is 0 Å². The molecule has 0 aliphatic rings. The summed E-state index contributed by atoms with van der Waals surface area (Å²) >= 11 is 0. The number of aryl methyl sites for hydroxylation is 1. The molecule has 0 radical (unpaired) electrons. The van der Waals surface area contributed by atoms with Crippen molar-refractivity contribution in [2.24, 2.45) is 12.8 Å². The van der Waals surface area contributed by atoms with Crippen LogP contribution in [0.4, 0.5) is 0 Å². The minimum atomic E-state index is -0.426. The van der Waals surface area contributed by atoms with E-state index in [4.69, 9.17) is 5.73 Å². The summed E-state index contributed by atoms with van der Waals surface area (Å²) in [5, 5.41) is 4.23. The highest BCUT2D eigenvalue weighted by atomic mass is 15.2. The van der Waals surface area contributed by atoms with E-state index in [-0.39, 0.29) is 0 Å². The number of nitrogens with zero attached hydrogens (tertiary/aromatic N) is 2. The zero-order chi connectivity index (χ0) is 12.3. The lowest BCUT2D eigenvalue weighted by molar-refractivity contribution is 0.484. The van der Waals surface area contributed by atoms with Crippen LogP contribution < -0.4 is 5.73 Å². The summed E-state index contributed by atoms with van der Waals surface area (Å²) in [5.41, 5.74) is 8.41. The van der Waals surface area contributed by atoms with Gasteiger partial charge in [0.2, 0.25) is 0 Å². The van der Waals surface area contributed by atoms with Crippen LogP contribution >= 0.6 is 0 Å². The van der Waals surface area contributed by atoms with Crippen molar-refractivity contribution >= 4 is 0 Å². The topological polar surface area (TPSA) is 43.8 Å². The maximum atomic E-state index is 6.61. The van der Waals surface area contributed by atoms with Crippen LogP contribution in [0.15, 0.2) is 42.7 Å². The van der Waals surface area contributed by atoms with E-state index in [1.807, 2.05) is 37.6 Å². The van der Waals surface area contributed by atoms with Crippen LogP contribution in [0.1, 0.15) is 30.9 Å². The smallest absolute Gasteiger partial charge is 0.0696 e. The SMILES string of the molecule is CCCC(N)(c1ccccc1)c1cnn(C)c1. The minimum Gasteiger partial charge on any atom is -0.318 e. The Balaban J connectivity index is 2.46. The fourth-order valence-electron chi connectivity index (χ4n) is 2.24. The number of rotatable bonds is 4. The van der Waals surface area contributed by atoms with E-state index in [1.54, 1.807) is 4.68 Å². The van der Waals surface area contributed by atoms with Gasteiger partial charge in [-0.25, -0.2) is 0 Å². The van der Waals surface area contributed by atoms with Gasteiger partial charge in [0.05, 0.1) is 11.7 Å². The van der Waals surface area contributed by atoms with Gasteiger partial charge in [0, 0.05) is 18.8 Å². The monoisotopic (exact) mass is 229 g/mol. The molecule has 0 saturated heterocycles. The second kappa shape index (κ2) is 4.72. The van der Waals surface area contributed by atoms with Gasteiger partial charge in [0.25, 0.3) is 0 Å². The third kappa shape index (κ3) is 2.24. The molecule has 0 amide bonds. The molecule has 1 aromatic carbocycles. The molecule has 3 heteroatoms. The van der Waals surface area contributed by atoms with Crippen LogP contribution in [0.5, 0.6) is 0 Å². The van der Waals surface area contributed by atoms with E-state index < -0.39 is 5.54 Å². The first-order chi connectivity index (χ1) is 8.16. The molecule has 1 unspecified atom stereocenters. The quantitative estimate of drug-likeness (QED) is 0.875. The van der Waals surface area contributed by atoms with Gasteiger partial charge in [0.1, 0.15) is 0 Å². The summed E-state index contributed by atoms with van der Waals surface area (Å²) in [6, 6.07) is 10.2. The van der Waals surface area contributed by atoms with Crippen molar-refractivity contribution in [2.45, 2.75) is 25.3 Å². The predicted molar refractivity (Wildman–Crippen MR) is 69.5 cm³/mol. The molecule has 17 heavy (non-hydrogen) atoms. The van der Waals surface area contributed by atoms with Gasteiger partial charge in [-0.05, 0) is 12.0 Å². The number of nitrogens with two attached hydrogens (primary N) is 1. The van der Waals surface area contributed by atoms with Crippen LogP contribution in [0.25, 0.3) is 0 Å². The van der Waals surface area contributed by atoms with E-state index in [0.717, 1.165) is 24.0 Å². The van der Waals surface area contributed by atoms with Crippen molar-refractivity contribution in [3.05, 3.63) is 53.9 Å². The fraction of sp³-hybridized carbons (Fsp3) is 0.357. The fourth-order valence-corrected chi connectivity index (χ4v) is 2.24. The lowest BCUT2D eigenvalue weighted by atomic mass is 9.82. The molecule has 1 atom stereocenters. The van der Waals surface area contributed by atoms with E-state index in [1.165, 1.54) is 0 Å². The molecule has 0 saturated carbocycles. The van der Waals surface area contributed by atoms with Crippen LogP contribution in [-0.4, -0.2) is 9.78 Å². The van der Waals surface area contributed by atoms with Crippen molar-refractivity contribution < 1.29 is 0 Å². The molecule has 0 aliphatic carbocycles. The van der Waals surface area contributed by atoms with Crippen LogP contribution in [0, 0.1) is 0 Å². The minimum absolute atomic E-state index is 0.426. The highest BCUT2D eigenvalue weighted by Gasteiger charge is 2.29. The van der Waals surface area contributed by atoms with E-state index in [0.29, 0.717) is 0 Å². The number of aromatic nitrogens is 2. The lowest BCUT2D eigenvalue weighted by Gasteiger charge is -2.28. The first-order valence-electron chi connectivity index (χ1n) is 6.00. The predicted octanol–water partition coefficient (Wildman–Crippen LogP) is 2.42. The number of benzene rings is 1. The average Bonchev–Trinajstić information content (AvgIpc) is 2.78. The van der Waals surface area contributed by atoms with Gasteiger partial charge in [-0.15, -0.1) is 0 Å². The first kappa shape index (κ1) is 11.9. The van der Waals surface area contributed by atoms with Gasteiger partial charge >= 0.3 is 0 Å². The van der Waals surface area contributed by atoms with Gasteiger partial charge in [-0.3, -0.25) is 4.68 Å². The van der Waals surface area contributed by atoms with Gasteiger partial charge in [-0.2, -0.15) is 5.10 Å². The Bertz CT molecular complexity index is 475. The molecule has 2 aromatic rings. The summed E-state index contributed by atoms with van der Waals surface area (Å²) in [5.74, 6) is 0. The zero-order valence-electron chi connectivity index (χ0n) is 10.4. The summed E-state index contributed by atoms with van der Waals surface area (Å²) in [6.07, 6.45) is 5.83. The zero-order valence-corrected chi connectivity index (χ0v) is 10.4. The average molecular weight is 229 g/mol. The van der Waals surface area contributed by atoms with Gasteiger partial charge < -0.3 is 5.73 Å². The Morgan fingerprint density at radius 2 is 1.94 bits per heavy atom. The Hall–Kier alpha value is -1.61. The maximum absolute atomic E-state index is 6.61. The number of hydrogen-bond donors (Lipinski definition) is 1. The summed E-state index contributed by atoms with van der Waals surface area (Å²) < 4.78 is 1.80. The third-order valence-corrected chi connectivity index (χ3v) is 3.15. The van der Waals surface area contributed by atoms with Crippen molar-refractivity contribution in [3.63, 3.8) is 0 Å². The first-order valence-corrected chi connectivity index (χ1v) is 6.00. The van der Waals surface area contributed by atoms with Crippen molar-refractivity contribution in [1.29, 1.82) is 0 Å². The molecular formula is C14H19N3. The van der Waals surface area contributed by atoms with Crippen LogP contribution in [0.2, 0.25) is 0 Å². The van der Waals surface area contributed by atoms with E-state index in [2.05, 4.69) is 24.2 Å². The summed E-state index contributed by atoms with van der Waals surface area (Å²) in [4.78, 5) is 0. The molecule has 90 valence electrons. The van der Waals surface area contributed by atoms with Crippen molar-refractivity contribution in [1.82, 2.24) is 9.78 Å². The Labute approximate surface area is 102 Å². The van der Waals surface area contributed by atoms with Crippen LogP contribution in [0.3, 0.4) is 0 Å². The Morgan fingerprint density at radius 1 is 1.24 bits per heavy atom. The molecule has 0 aliphatic heterocycles. The summed E-state index contributed by atoms with van der Waals surface area (Å²) in [7, 11) is 1.92. The maximum Gasteiger partial charge on any atom is 0.0696 e. The van der Waals surface area contributed by atoms with Crippen molar-refractivity contribution in [3.8, 4) is 0 Å². The molecule has 1 heterocycles. The Morgan fingerprint density at radius 3 is 2.47 bits per heavy atom. The highest BCUT2D eigenvalue weighted by Crippen LogP contribution is 2.30. The number of hydrogen-bond acceptors (Lipinski definition) is 2. The summed E-state index contributed by atoms with van der Waals surface area (Å²) in [6.45, 7) is 2.15. The molecular weight excluding hydrogens is 210 g/mol. The molecule has 2 rings (SSSR count). The second-order valence-corrected chi connectivity index (χ2v) is 4.49. The van der Waals surface area contributed by atoms with E-state index >= 15 is 0 Å². The second-order valence-electron chi connectivity index (χ2n) is 4.49. The molecule has 1 aromatic heterocycles. The molecule has 0 fully saturated rings. The molecule has 0 spiro atoms. The lowest BCUT2D eigenvalue weighted by Crippen LogP contribution is -2.37. The molecule has 0 bridgehead atoms. The normalized spacial score (nSPS) is 14.5. The molecule has 2 N–H and O–H groups in total. The van der Waals surface area contributed by atoms with Crippen molar-refractivity contribution in [2.75, 3.05) is 0 Å². The Kier molecular flexibility index (Phi) is 3.29.